The summed E-state index contributed by atoms with van der Waals surface area (Å²) in [6.07, 6.45) is -1.00. The number of aryl methyl sites for hydroxylation is 1. The number of nitrogens with zero attached hydrogens (tertiary/aromatic N) is 2. The third-order valence-corrected chi connectivity index (χ3v) is 6.24. The molecule has 8 heteroatoms. The number of carbonyl (C=O) groups excluding carboxylic acids is 2. The van der Waals surface area contributed by atoms with Crippen molar-refractivity contribution in [3.8, 4) is 0 Å². The number of benzene rings is 3. The van der Waals surface area contributed by atoms with Crippen molar-refractivity contribution in [2.45, 2.75) is 19.1 Å². The Kier molecular flexibility index (Phi) is 5.15. The topological polar surface area (TPSA) is 87.2 Å². The first-order valence-electron chi connectivity index (χ1n) is 10.3. The normalized spacial score (nSPS) is 22.1. The van der Waals surface area contributed by atoms with E-state index in [1.54, 1.807) is 17.2 Å². The van der Waals surface area contributed by atoms with Crippen molar-refractivity contribution in [2.75, 3.05) is 9.96 Å². The largest absolute Gasteiger partial charge is 0.478 e. The van der Waals surface area contributed by atoms with Crippen molar-refractivity contribution in [1.29, 1.82) is 0 Å². The van der Waals surface area contributed by atoms with E-state index in [0.717, 1.165) is 21.7 Å². The molecule has 3 aromatic carbocycles. The smallest absolute Gasteiger partial charge is 0.335 e. The molecule has 2 aliphatic heterocycles. The Labute approximate surface area is 194 Å². The monoisotopic (exact) mass is 462 g/mol. The highest BCUT2D eigenvalue weighted by atomic mass is 35.5. The summed E-state index contributed by atoms with van der Waals surface area (Å²) in [6.45, 7) is 1.97. The van der Waals surface area contributed by atoms with Crippen molar-refractivity contribution < 1.29 is 24.3 Å². The van der Waals surface area contributed by atoms with Crippen LogP contribution in [0, 0.1) is 12.8 Å². The van der Waals surface area contributed by atoms with Gasteiger partial charge in [0.2, 0.25) is 5.91 Å². The summed E-state index contributed by atoms with van der Waals surface area (Å²) in [6, 6.07) is 19.8. The Hall–Kier alpha value is -3.68. The maximum atomic E-state index is 13.6. The molecule has 33 heavy (non-hydrogen) atoms. The summed E-state index contributed by atoms with van der Waals surface area (Å²) in [5.41, 5.74) is 2.97. The van der Waals surface area contributed by atoms with Gasteiger partial charge in [-0.25, -0.2) is 14.8 Å². The minimum atomic E-state index is -1.09. The molecule has 2 fully saturated rings. The number of anilines is 2. The lowest BCUT2D eigenvalue weighted by molar-refractivity contribution is -0.126. The SMILES string of the molecule is Cc1ccc(N2O[C@@H]3C(=O)N(c4ccc(C(=O)O)cc4)C(=O)[C@@H]3[C@@H]2c2ccc(Cl)cc2)cc1. The van der Waals surface area contributed by atoms with Crippen LogP contribution in [0.25, 0.3) is 0 Å². The van der Waals surface area contributed by atoms with Gasteiger partial charge in [0.1, 0.15) is 5.92 Å². The van der Waals surface area contributed by atoms with Crippen LogP contribution in [0.15, 0.2) is 72.8 Å². The fourth-order valence-corrected chi connectivity index (χ4v) is 4.46. The van der Waals surface area contributed by atoms with E-state index in [1.165, 1.54) is 24.3 Å². The number of imide groups is 1. The first kappa shape index (κ1) is 21.2. The molecule has 0 spiro atoms. The first-order chi connectivity index (χ1) is 15.8. The van der Waals surface area contributed by atoms with Crippen LogP contribution in [0.3, 0.4) is 0 Å². The summed E-state index contributed by atoms with van der Waals surface area (Å²) in [5.74, 6) is -2.75. The fraction of sp³-hybridized carbons (Fsp3) is 0.160. The number of rotatable bonds is 4. The third kappa shape index (κ3) is 3.55. The van der Waals surface area contributed by atoms with Crippen LogP contribution in [0.1, 0.15) is 27.5 Å². The van der Waals surface area contributed by atoms with Gasteiger partial charge in [-0.3, -0.25) is 14.4 Å². The molecule has 5 rings (SSSR count). The molecule has 0 bridgehead atoms. The molecule has 2 aliphatic rings. The Morgan fingerprint density at radius 3 is 2.09 bits per heavy atom. The van der Waals surface area contributed by atoms with Gasteiger partial charge in [-0.2, -0.15) is 0 Å². The highest BCUT2D eigenvalue weighted by Gasteiger charge is 2.60. The molecule has 3 atom stereocenters. The molecule has 0 aromatic heterocycles. The second-order valence-corrected chi connectivity index (χ2v) is 8.51. The summed E-state index contributed by atoms with van der Waals surface area (Å²) in [4.78, 5) is 45.2. The summed E-state index contributed by atoms with van der Waals surface area (Å²) < 4.78 is 0. The van der Waals surface area contributed by atoms with Crippen LogP contribution in [-0.2, 0) is 14.4 Å². The highest BCUT2D eigenvalue weighted by molar-refractivity contribution is 6.30. The van der Waals surface area contributed by atoms with Gasteiger partial charge in [0.25, 0.3) is 5.91 Å². The molecule has 0 radical (unpaired) electrons. The number of halogens is 1. The maximum Gasteiger partial charge on any atom is 0.335 e. The van der Waals surface area contributed by atoms with E-state index in [4.69, 9.17) is 21.5 Å². The van der Waals surface area contributed by atoms with Gasteiger partial charge in [-0.1, -0.05) is 41.4 Å². The quantitative estimate of drug-likeness (QED) is 0.578. The second-order valence-electron chi connectivity index (χ2n) is 8.07. The molecule has 1 N–H and O–H groups in total. The van der Waals surface area contributed by atoms with E-state index in [2.05, 4.69) is 0 Å². The number of hydroxylamine groups is 1. The molecule has 2 saturated heterocycles. The van der Waals surface area contributed by atoms with E-state index < -0.39 is 35.8 Å². The van der Waals surface area contributed by atoms with Gasteiger partial charge in [-0.15, -0.1) is 0 Å². The van der Waals surface area contributed by atoms with Crippen LogP contribution in [0.5, 0.6) is 0 Å². The lowest BCUT2D eigenvalue weighted by atomic mass is 9.90. The molecule has 166 valence electrons. The molecule has 3 aromatic rings. The lowest BCUT2D eigenvalue weighted by Crippen LogP contribution is -2.37. The molecule has 7 nitrogen and oxygen atoms in total. The minimum Gasteiger partial charge on any atom is -0.478 e. The van der Waals surface area contributed by atoms with Gasteiger partial charge in [0.05, 0.1) is 23.0 Å². The van der Waals surface area contributed by atoms with Gasteiger partial charge in [0, 0.05) is 5.02 Å². The van der Waals surface area contributed by atoms with Crippen molar-refractivity contribution >= 4 is 40.8 Å². The van der Waals surface area contributed by atoms with Gasteiger partial charge in [0.15, 0.2) is 6.10 Å². The maximum absolute atomic E-state index is 13.6. The predicted molar refractivity (Wildman–Crippen MR) is 122 cm³/mol. The van der Waals surface area contributed by atoms with E-state index in [0.29, 0.717) is 10.7 Å². The lowest BCUT2D eigenvalue weighted by Gasteiger charge is -2.29. The number of fused-ring (bicyclic) bond motifs is 1. The zero-order valence-corrected chi connectivity index (χ0v) is 18.3. The number of carbonyl (C=O) groups is 3. The summed E-state index contributed by atoms with van der Waals surface area (Å²) >= 11 is 6.07. The van der Waals surface area contributed by atoms with Crippen LogP contribution in [-0.4, -0.2) is 29.0 Å². The summed E-state index contributed by atoms with van der Waals surface area (Å²) in [5, 5.41) is 11.3. The van der Waals surface area contributed by atoms with Crippen molar-refractivity contribution in [3.05, 3.63) is 94.5 Å². The first-order valence-corrected chi connectivity index (χ1v) is 10.7. The zero-order chi connectivity index (χ0) is 23.3. The van der Waals surface area contributed by atoms with Crippen molar-refractivity contribution in [3.63, 3.8) is 0 Å². The van der Waals surface area contributed by atoms with E-state index >= 15 is 0 Å². The number of hydrogen-bond acceptors (Lipinski definition) is 5. The Morgan fingerprint density at radius 1 is 0.879 bits per heavy atom. The Bertz CT molecular complexity index is 1240. The van der Waals surface area contributed by atoms with Crippen molar-refractivity contribution in [1.82, 2.24) is 0 Å². The predicted octanol–water partition coefficient (Wildman–Crippen LogP) is 4.40. The average molecular weight is 463 g/mol. The minimum absolute atomic E-state index is 0.0684. The fourth-order valence-electron chi connectivity index (χ4n) is 4.34. The van der Waals surface area contributed by atoms with Gasteiger partial charge < -0.3 is 5.11 Å². The van der Waals surface area contributed by atoms with E-state index in [-0.39, 0.29) is 5.56 Å². The summed E-state index contributed by atoms with van der Waals surface area (Å²) in [7, 11) is 0. The average Bonchev–Trinajstić information content (AvgIpc) is 3.31. The second kappa shape index (κ2) is 8.03. The molecule has 2 heterocycles. The number of hydrogen-bond donors (Lipinski definition) is 1. The number of amides is 2. The number of carboxylic acid groups (broad SMARTS) is 1. The van der Waals surface area contributed by atoms with Gasteiger partial charge in [-0.05, 0) is 61.0 Å². The van der Waals surface area contributed by atoms with Crippen molar-refractivity contribution in [2.24, 2.45) is 5.92 Å². The number of aromatic carboxylic acids is 1. The highest BCUT2D eigenvalue weighted by Crippen LogP contribution is 2.47. The van der Waals surface area contributed by atoms with Crippen LogP contribution in [0.4, 0.5) is 11.4 Å². The molecular formula is C25H19ClN2O5. The molecule has 2 amide bonds. The Balaban J connectivity index is 1.55. The molecule has 0 saturated carbocycles. The third-order valence-electron chi connectivity index (χ3n) is 5.99. The van der Waals surface area contributed by atoms with E-state index in [1.807, 2.05) is 43.3 Å². The Morgan fingerprint density at radius 2 is 1.48 bits per heavy atom. The van der Waals surface area contributed by atoms with Crippen LogP contribution >= 0.6 is 11.6 Å². The molecule has 0 unspecified atom stereocenters. The zero-order valence-electron chi connectivity index (χ0n) is 17.5. The van der Waals surface area contributed by atoms with Crippen LogP contribution in [0.2, 0.25) is 5.02 Å². The molecule has 0 aliphatic carbocycles. The van der Waals surface area contributed by atoms with Crippen LogP contribution < -0.4 is 9.96 Å². The van der Waals surface area contributed by atoms with E-state index in [9.17, 15) is 14.4 Å². The van der Waals surface area contributed by atoms with Gasteiger partial charge >= 0.3 is 5.97 Å². The number of carboxylic acids is 1. The standard InChI is InChI=1S/C25H19ClN2O5/c1-14-2-10-19(11-3-14)28-21(15-4-8-17(26)9-5-15)20-22(33-28)24(30)27(23(20)29)18-12-6-16(7-13-18)25(31)32/h2-13,20-22H,1H3,(H,31,32)/t20-,21+,22+/m1/s1. The molecular weight excluding hydrogens is 444 g/mol.